The molecule has 0 spiro atoms. The zero-order valence-electron chi connectivity index (χ0n) is 15.1. The Bertz CT molecular complexity index is 980. The first kappa shape index (κ1) is 16.4. The zero-order valence-corrected chi connectivity index (χ0v) is 15.1. The van der Waals surface area contributed by atoms with E-state index in [1.165, 1.54) is 0 Å². The van der Waals surface area contributed by atoms with Crippen LogP contribution >= 0.6 is 0 Å². The number of amides is 1. The second-order valence-electron chi connectivity index (χ2n) is 6.46. The van der Waals surface area contributed by atoms with Crippen LogP contribution in [0.15, 0.2) is 42.5 Å². The van der Waals surface area contributed by atoms with E-state index in [0.29, 0.717) is 24.5 Å². The molecule has 0 saturated carbocycles. The number of methoxy groups -OCH3 is 2. The van der Waals surface area contributed by atoms with Crippen molar-refractivity contribution >= 4 is 22.6 Å². The highest BCUT2D eigenvalue weighted by Gasteiger charge is 2.34. The van der Waals surface area contributed by atoms with E-state index in [1.54, 1.807) is 19.1 Å². The van der Waals surface area contributed by atoms with Gasteiger partial charge in [-0.3, -0.25) is 4.79 Å². The fraction of sp³-hybridized carbons (Fsp3) is 0.300. The van der Waals surface area contributed by atoms with E-state index in [0.717, 1.165) is 22.5 Å². The molecule has 0 N–H and O–H groups in total. The predicted octanol–water partition coefficient (Wildman–Crippen LogP) is 3.11. The molecule has 1 aromatic heterocycles. The first-order valence-corrected chi connectivity index (χ1v) is 8.56. The second-order valence-corrected chi connectivity index (χ2v) is 6.46. The molecule has 1 fully saturated rings. The Hall–Kier alpha value is -3.02. The molecule has 1 unspecified atom stereocenters. The van der Waals surface area contributed by atoms with E-state index >= 15 is 0 Å². The van der Waals surface area contributed by atoms with Gasteiger partial charge in [0.25, 0.3) is 0 Å². The lowest BCUT2D eigenvalue weighted by atomic mass is 10.1. The van der Waals surface area contributed by atoms with Crippen molar-refractivity contribution in [2.24, 2.45) is 7.05 Å². The van der Waals surface area contributed by atoms with Gasteiger partial charge in [0.15, 0.2) is 11.5 Å². The van der Waals surface area contributed by atoms with Crippen LogP contribution in [0.2, 0.25) is 0 Å². The van der Waals surface area contributed by atoms with Gasteiger partial charge in [-0.2, -0.15) is 0 Å². The summed E-state index contributed by atoms with van der Waals surface area (Å²) in [5, 5.41) is 0. The van der Waals surface area contributed by atoms with Gasteiger partial charge in [-0.15, -0.1) is 0 Å². The lowest BCUT2D eigenvalue weighted by Gasteiger charge is -2.18. The molecule has 1 atom stereocenters. The Labute approximate surface area is 152 Å². The minimum Gasteiger partial charge on any atom is -0.493 e. The van der Waals surface area contributed by atoms with Crippen LogP contribution in [-0.4, -0.2) is 36.2 Å². The van der Waals surface area contributed by atoms with E-state index < -0.39 is 0 Å². The van der Waals surface area contributed by atoms with Gasteiger partial charge in [0.05, 0.1) is 25.3 Å². The van der Waals surface area contributed by atoms with Crippen LogP contribution in [0, 0.1) is 0 Å². The summed E-state index contributed by atoms with van der Waals surface area (Å²) in [7, 11) is 5.20. The molecule has 2 aromatic carbocycles. The minimum atomic E-state index is 0.0630. The van der Waals surface area contributed by atoms with Gasteiger partial charge in [0.1, 0.15) is 5.82 Å². The highest BCUT2D eigenvalue weighted by atomic mass is 16.5. The number of carbonyl (C=O) groups excluding carboxylic acids is 1. The van der Waals surface area contributed by atoms with Gasteiger partial charge in [-0.25, -0.2) is 4.98 Å². The molecule has 26 heavy (non-hydrogen) atoms. The molecule has 0 radical (unpaired) electrons. The van der Waals surface area contributed by atoms with Crippen molar-refractivity contribution in [3.63, 3.8) is 0 Å². The third kappa shape index (κ3) is 2.58. The molecule has 6 heteroatoms. The highest BCUT2D eigenvalue weighted by Crippen LogP contribution is 2.36. The van der Waals surface area contributed by atoms with Crippen molar-refractivity contribution in [2.45, 2.75) is 12.3 Å². The monoisotopic (exact) mass is 351 g/mol. The average Bonchev–Trinajstić information content (AvgIpc) is 3.21. The summed E-state index contributed by atoms with van der Waals surface area (Å²) in [4.78, 5) is 19.2. The number of aromatic nitrogens is 2. The van der Waals surface area contributed by atoms with Gasteiger partial charge in [-0.05, 0) is 24.3 Å². The molecule has 1 saturated heterocycles. The first-order chi connectivity index (χ1) is 12.6. The van der Waals surface area contributed by atoms with Crippen LogP contribution < -0.4 is 14.4 Å². The molecule has 1 amide bonds. The van der Waals surface area contributed by atoms with Crippen molar-refractivity contribution in [3.8, 4) is 11.5 Å². The minimum absolute atomic E-state index is 0.0630. The summed E-state index contributed by atoms with van der Waals surface area (Å²) in [5.41, 5.74) is 2.86. The number of para-hydroxylation sites is 2. The number of fused-ring (bicyclic) bond motifs is 1. The quantitative estimate of drug-likeness (QED) is 0.725. The Balaban J connectivity index is 1.65. The number of aryl methyl sites for hydroxylation is 1. The SMILES string of the molecule is COc1ccc(N2CC(c3nc4ccccc4n3C)CC2=O)cc1OC. The molecule has 6 nitrogen and oxygen atoms in total. The lowest BCUT2D eigenvalue weighted by molar-refractivity contribution is -0.117. The first-order valence-electron chi connectivity index (χ1n) is 8.56. The van der Waals surface area contributed by atoms with Crippen LogP contribution in [0.25, 0.3) is 11.0 Å². The Kier molecular flexibility index (Phi) is 4.03. The van der Waals surface area contributed by atoms with Crippen LogP contribution in [0.1, 0.15) is 18.2 Å². The third-order valence-corrected chi connectivity index (χ3v) is 4.99. The van der Waals surface area contributed by atoms with Crippen LogP contribution in [0.5, 0.6) is 11.5 Å². The van der Waals surface area contributed by atoms with Gasteiger partial charge in [0, 0.05) is 37.7 Å². The molecule has 1 aliphatic heterocycles. The lowest BCUT2D eigenvalue weighted by Crippen LogP contribution is -2.24. The smallest absolute Gasteiger partial charge is 0.227 e. The normalized spacial score (nSPS) is 17.1. The molecule has 3 aromatic rings. The van der Waals surface area contributed by atoms with Gasteiger partial charge < -0.3 is 18.9 Å². The maximum absolute atomic E-state index is 12.7. The Morgan fingerprint density at radius 2 is 1.85 bits per heavy atom. The Morgan fingerprint density at radius 1 is 1.08 bits per heavy atom. The van der Waals surface area contributed by atoms with Crippen molar-refractivity contribution in [1.29, 1.82) is 0 Å². The number of carbonyl (C=O) groups is 1. The maximum atomic E-state index is 12.7. The van der Waals surface area contributed by atoms with Crippen LogP contribution in [-0.2, 0) is 11.8 Å². The highest BCUT2D eigenvalue weighted by molar-refractivity contribution is 5.96. The average molecular weight is 351 g/mol. The largest absolute Gasteiger partial charge is 0.493 e. The fourth-order valence-electron chi connectivity index (χ4n) is 3.65. The number of hydrogen-bond acceptors (Lipinski definition) is 4. The molecule has 0 aliphatic carbocycles. The number of nitrogens with zero attached hydrogens (tertiary/aromatic N) is 3. The van der Waals surface area contributed by atoms with E-state index in [4.69, 9.17) is 14.5 Å². The van der Waals surface area contributed by atoms with E-state index in [-0.39, 0.29) is 11.8 Å². The van der Waals surface area contributed by atoms with Gasteiger partial charge >= 0.3 is 0 Å². The van der Waals surface area contributed by atoms with E-state index in [9.17, 15) is 4.79 Å². The predicted molar refractivity (Wildman–Crippen MR) is 100.0 cm³/mol. The molecule has 2 heterocycles. The van der Waals surface area contributed by atoms with E-state index in [2.05, 4.69) is 10.6 Å². The number of imidazole rings is 1. The standard InChI is InChI=1S/C20H21N3O3/c1-22-16-7-5-4-6-15(16)21-20(22)13-10-19(24)23(12-13)14-8-9-17(25-2)18(11-14)26-3/h4-9,11,13H,10,12H2,1-3H3. The maximum Gasteiger partial charge on any atom is 0.227 e. The van der Waals surface area contributed by atoms with Crippen LogP contribution in [0.4, 0.5) is 5.69 Å². The van der Waals surface area contributed by atoms with Gasteiger partial charge in [-0.1, -0.05) is 12.1 Å². The van der Waals surface area contributed by atoms with E-state index in [1.807, 2.05) is 43.4 Å². The molecule has 4 rings (SSSR count). The molecule has 1 aliphatic rings. The summed E-state index contributed by atoms with van der Waals surface area (Å²) < 4.78 is 12.7. The summed E-state index contributed by atoms with van der Waals surface area (Å²) in [6.07, 6.45) is 0.450. The Morgan fingerprint density at radius 3 is 2.58 bits per heavy atom. The second kappa shape index (κ2) is 6.37. The third-order valence-electron chi connectivity index (χ3n) is 4.99. The zero-order chi connectivity index (χ0) is 18.3. The summed E-state index contributed by atoms with van der Waals surface area (Å²) in [6, 6.07) is 13.6. The fourth-order valence-corrected chi connectivity index (χ4v) is 3.65. The summed E-state index contributed by atoms with van der Waals surface area (Å²) in [5.74, 6) is 2.36. The molecular weight excluding hydrogens is 330 g/mol. The van der Waals surface area contributed by atoms with Crippen molar-refractivity contribution in [3.05, 3.63) is 48.3 Å². The topological polar surface area (TPSA) is 56.6 Å². The number of anilines is 1. The summed E-state index contributed by atoms with van der Waals surface area (Å²) in [6.45, 7) is 0.603. The number of benzene rings is 2. The molecular formula is C20H21N3O3. The number of ether oxygens (including phenoxy) is 2. The number of hydrogen-bond donors (Lipinski definition) is 0. The number of rotatable bonds is 4. The van der Waals surface area contributed by atoms with Crippen molar-refractivity contribution in [1.82, 2.24) is 9.55 Å². The molecule has 0 bridgehead atoms. The summed E-state index contributed by atoms with van der Waals surface area (Å²) >= 11 is 0. The molecule has 134 valence electrons. The van der Waals surface area contributed by atoms with Crippen molar-refractivity contribution < 1.29 is 14.3 Å². The van der Waals surface area contributed by atoms with Gasteiger partial charge in [0.2, 0.25) is 5.91 Å². The van der Waals surface area contributed by atoms with Crippen molar-refractivity contribution in [2.75, 3.05) is 25.7 Å². The van der Waals surface area contributed by atoms with Crippen LogP contribution in [0.3, 0.4) is 0 Å².